The van der Waals surface area contributed by atoms with Crippen LogP contribution in [0.3, 0.4) is 0 Å². The predicted octanol–water partition coefficient (Wildman–Crippen LogP) is 1.73. The van der Waals surface area contributed by atoms with E-state index < -0.39 is 36.6 Å². The minimum atomic E-state index is -1.24. The largest absolute Gasteiger partial charge is 0.511 e. The highest BCUT2D eigenvalue weighted by Gasteiger charge is 2.36. The molecule has 0 aromatic heterocycles. The summed E-state index contributed by atoms with van der Waals surface area (Å²) < 4.78 is 25.0. The van der Waals surface area contributed by atoms with Gasteiger partial charge < -0.3 is 28.5 Å². The number of rotatable bonds is 7. The molecule has 146 valence electrons. The summed E-state index contributed by atoms with van der Waals surface area (Å²) in [6.45, 7) is 2.42. The van der Waals surface area contributed by atoms with Crippen LogP contribution in [0.2, 0.25) is 0 Å². The second-order valence-corrected chi connectivity index (χ2v) is 5.34. The fourth-order valence-corrected chi connectivity index (χ4v) is 2.18. The molecule has 1 aromatic rings. The molecule has 0 bridgehead atoms. The van der Waals surface area contributed by atoms with Crippen LogP contribution in [0.25, 0.3) is 0 Å². The molecule has 1 saturated heterocycles. The molecule has 3 atom stereocenters. The van der Waals surface area contributed by atoms with Crippen molar-refractivity contribution in [2.45, 2.75) is 32.3 Å². The third-order valence-corrected chi connectivity index (χ3v) is 3.30. The van der Waals surface area contributed by atoms with Crippen LogP contribution in [0.1, 0.15) is 24.2 Å². The van der Waals surface area contributed by atoms with Crippen molar-refractivity contribution >= 4 is 18.1 Å². The summed E-state index contributed by atoms with van der Waals surface area (Å²) in [5.74, 6) is -1.34. The highest BCUT2D eigenvalue weighted by Crippen LogP contribution is 2.22. The van der Waals surface area contributed by atoms with E-state index in [2.05, 4.69) is 14.9 Å². The Kier molecular flexibility index (Phi) is 7.06. The lowest BCUT2D eigenvalue weighted by Gasteiger charge is -2.19. The van der Waals surface area contributed by atoms with Gasteiger partial charge >= 0.3 is 18.1 Å². The van der Waals surface area contributed by atoms with E-state index in [9.17, 15) is 19.3 Å². The third-order valence-electron chi connectivity index (χ3n) is 3.30. The predicted molar refractivity (Wildman–Crippen MR) is 85.5 cm³/mol. The zero-order chi connectivity index (χ0) is 19.8. The van der Waals surface area contributed by atoms with Crippen molar-refractivity contribution in [3.05, 3.63) is 34.7 Å². The number of esters is 2. The Morgan fingerprint density at radius 3 is 2.48 bits per heavy atom. The number of ether oxygens (including phenoxy) is 5. The Labute approximate surface area is 153 Å². The van der Waals surface area contributed by atoms with Gasteiger partial charge in [0.2, 0.25) is 0 Å². The Hall–Kier alpha value is -3.21. The number of carbonyl (C=O) groups excluding carboxylic acids is 3. The van der Waals surface area contributed by atoms with Gasteiger partial charge in [-0.2, -0.15) is 0 Å². The van der Waals surface area contributed by atoms with Crippen molar-refractivity contribution in [3.8, 4) is 5.75 Å². The standard InChI is InChI=1S/C16H17NO10/c1-9(18)23-12-6-4-3-5-11(12)15(19)25-13-7-22-8-14(13)26-16(20)24-10(2)27-17-21/h3-6,10,13-14H,7-8H2,1-2H3. The molecule has 3 unspecified atom stereocenters. The summed E-state index contributed by atoms with van der Waals surface area (Å²) in [7, 11) is 0. The molecule has 0 radical (unpaired) electrons. The highest BCUT2D eigenvalue weighted by molar-refractivity contribution is 5.93. The molecule has 1 fully saturated rings. The van der Waals surface area contributed by atoms with Crippen LogP contribution in [0.15, 0.2) is 29.6 Å². The van der Waals surface area contributed by atoms with E-state index in [0.29, 0.717) is 0 Å². The van der Waals surface area contributed by atoms with Gasteiger partial charge in [0.1, 0.15) is 11.3 Å². The molecule has 1 heterocycles. The lowest BCUT2D eigenvalue weighted by atomic mass is 10.2. The zero-order valence-electron chi connectivity index (χ0n) is 14.5. The van der Waals surface area contributed by atoms with Crippen LogP contribution in [0.5, 0.6) is 5.75 Å². The van der Waals surface area contributed by atoms with Crippen LogP contribution < -0.4 is 4.74 Å². The van der Waals surface area contributed by atoms with Crippen LogP contribution in [-0.4, -0.2) is 49.8 Å². The van der Waals surface area contributed by atoms with Crippen molar-refractivity contribution in [1.82, 2.24) is 0 Å². The fraction of sp³-hybridized carbons (Fsp3) is 0.438. The minimum absolute atomic E-state index is 0.0125. The maximum absolute atomic E-state index is 12.4. The summed E-state index contributed by atoms with van der Waals surface area (Å²) in [6.07, 6.45) is -4.23. The van der Waals surface area contributed by atoms with Gasteiger partial charge in [-0.3, -0.25) is 4.79 Å². The highest BCUT2D eigenvalue weighted by atomic mass is 16.9. The van der Waals surface area contributed by atoms with E-state index in [1.165, 1.54) is 26.0 Å². The summed E-state index contributed by atoms with van der Waals surface area (Å²) in [6, 6.07) is 6.03. The van der Waals surface area contributed by atoms with Crippen molar-refractivity contribution < 1.29 is 42.9 Å². The van der Waals surface area contributed by atoms with Gasteiger partial charge in [0.25, 0.3) is 6.29 Å². The van der Waals surface area contributed by atoms with Gasteiger partial charge in [-0.25, -0.2) is 9.59 Å². The first kappa shape index (κ1) is 20.1. The van der Waals surface area contributed by atoms with E-state index >= 15 is 0 Å². The molecule has 1 aliphatic heterocycles. The second kappa shape index (κ2) is 9.48. The smallest absolute Gasteiger partial charge is 0.452 e. The normalized spacial score (nSPS) is 19.5. The molecule has 11 heteroatoms. The zero-order valence-corrected chi connectivity index (χ0v) is 14.5. The molecule has 0 amide bonds. The minimum Gasteiger partial charge on any atom is -0.452 e. The molecule has 27 heavy (non-hydrogen) atoms. The quantitative estimate of drug-likeness (QED) is 0.225. The first-order valence-electron chi connectivity index (χ1n) is 7.82. The summed E-state index contributed by atoms with van der Waals surface area (Å²) in [5, 5.41) is 2.12. The van der Waals surface area contributed by atoms with Gasteiger partial charge in [0.15, 0.2) is 17.5 Å². The number of hydrogen-bond donors (Lipinski definition) is 0. The Morgan fingerprint density at radius 1 is 1.15 bits per heavy atom. The molecule has 0 spiro atoms. The average molecular weight is 383 g/mol. The van der Waals surface area contributed by atoms with Gasteiger partial charge in [0.05, 0.1) is 13.2 Å². The van der Waals surface area contributed by atoms with Crippen LogP contribution >= 0.6 is 0 Å². The second-order valence-electron chi connectivity index (χ2n) is 5.34. The van der Waals surface area contributed by atoms with E-state index in [0.717, 1.165) is 0 Å². The van der Waals surface area contributed by atoms with Crippen LogP contribution in [-0.2, 0) is 28.6 Å². The van der Waals surface area contributed by atoms with Gasteiger partial charge in [-0.1, -0.05) is 12.1 Å². The molecule has 0 saturated carbocycles. The SMILES string of the molecule is CC(=O)Oc1ccccc1C(=O)OC1COCC1OC(=O)OC(C)ON=O. The maximum atomic E-state index is 12.4. The monoisotopic (exact) mass is 383 g/mol. The molecular formula is C16H17NO10. The van der Waals surface area contributed by atoms with Gasteiger partial charge in [-0.15, -0.1) is 4.91 Å². The van der Waals surface area contributed by atoms with Crippen molar-refractivity contribution in [2.24, 2.45) is 5.34 Å². The van der Waals surface area contributed by atoms with Gasteiger partial charge in [-0.05, 0) is 12.1 Å². The summed E-state index contributed by atoms with van der Waals surface area (Å²) in [5.41, 5.74) is 0.0278. The molecule has 0 aliphatic carbocycles. The average Bonchev–Trinajstić information content (AvgIpc) is 3.01. The number of carbonyl (C=O) groups is 3. The number of nitrogens with zero attached hydrogens (tertiary/aromatic N) is 1. The van der Waals surface area contributed by atoms with E-state index in [-0.39, 0.29) is 24.5 Å². The first-order chi connectivity index (χ1) is 12.9. The molecule has 11 nitrogen and oxygen atoms in total. The Balaban J connectivity index is 1.98. The van der Waals surface area contributed by atoms with Crippen molar-refractivity contribution in [2.75, 3.05) is 13.2 Å². The van der Waals surface area contributed by atoms with E-state index in [1.807, 2.05) is 0 Å². The fourth-order valence-electron chi connectivity index (χ4n) is 2.18. The van der Waals surface area contributed by atoms with E-state index in [1.54, 1.807) is 12.1 Å². The van der Waals surface area contributed by atoms with Gasteiger partial charge in [0, 0.05) is 13.8 Å². The Morgan fingerprint density at radius 2 is 1.81 bits per heavy atom. The van der Waals surface area contributed by atoms with Crippen LogP contribution in [0.4, 0.5) is 4.79 Å². The third kappa shape index (κ3) is 5.92. The maximum Gasteiger partial charge on any atom is 0.511 e. The number of benzene rings is 1. The lowest BCUT2D eigenvalue weighted by molar-refractivity contribution is -0.132. The first-order valence-corrected chi connectivity index (χ1v) is 7.82. The molecular weight excluding hydrogens is 366 g/mol. The topological polar surface area (TPSA) is 136 Å². The van der Waals surface area contributed by atoms with Crippen molar-refractivity contribution in [3.63, 3.8) is 0 Å². The van der Waals surface area contributed by atoms with Crippen molar-refractivity contribution in [1.29, 1.82) is 0 Å². The number of hydrogen-bond acceptors (Lipinski definition) is 11. The molecule has 1 aliphatic rings. The Bertz CT molecular complexity index is 706. The molecule has 1 aromatic carbocycles. The number of para-hydroxylation sites is 1. The summed E-state index contributed by atoms with van der Waals surface area (Å²) >= 11 is 0. The summed E-state index contributed by atoms with van der Waals surface area (Å²) in [4.78, 5) is 49.3. The molecule has 2 rings (SSSR count). The lowest BCUT2D eigenvalue weighted by Crippen LogP contribution is -2.35. The molecule has 0 N–H and O–H groups in total. The van der Waals surface area contributed by atoms with Crippen LogP contribution in [0, 0.1) is 4.91 Å². The van der Waals surface area contributed by atoms with E-state index in [4.69, 9.17) is 18.9 Å².